The number of nitrogens with one attached hydrogen (secondary N) is 1. The number of rotatable bonds is 4. The smallest absolute Gasteiger partial charge is 0.227 e. The van der Waals surface area contributed by atoms with Crippen LogP contribution in [0.4, 0.5) is 5.69 Å². The first-order valence-electron chi connectivity index (χ1n) is 6.29. The summed E-state index contributed by atoms with van der Waals surface area (Å²) < 4.78 is 1.72. The van der Waals surface area contributed by atoms with Crippen molar-refractivity contribution in [1.82, 2.24) is 15.0 Å². The van der Waals surface area contributed by atoms with Crippen LogP contribution in [-0.2, 0) is 18.3 Å². The predicted molar refractivity (Wildman–Crippen MR) is 73.7 cm³/mol. The molecule has 0 aliphatic heterocycles. The first-order chi connectivity index (χ1) is 9.08. The molecule has 1 heterocycles. The van der Waals surface area contributed by atoms with E-state index in [-0.39, 0.29) is 11.8 Å². The van der Waals surface area contributed by atoms with Crippen molar-refractivity contribution in [2.45, 2.75) is 20.3 Å². The molecule has 19 heavy (non-hydrogen) atoms. The number of hydrogen-bond donors (Lipinski definition) is 1. The molecule has 2 aromatic rings. The molecule has 0 saturated heterocycles. The van der Waals surface area contributed by atoms with Crippen molar-refractivity contribution in [2.75, 3.05) is 5.32 Å². The van der Waals surface area contributed by atoms with E-state index in [1.165, 1.54) is 0 Å². The quantitative estimate of drug-likeness (QED) is 0.911. The molecule has 0 radical (unpaired) electrons. The summed E-state index contributed by atoms with van der Waals surface area (Å²) in [6, 6.07) is 9.46. The third-order valence-corrected chi connectivity index (χ3v) is 3.19. The van der Waals surface area contributed by atoms with Gasteiger partial charge in [-0.15, -0.1) is 5.10 Å². The fourth-order valence-corrected chi connectivity index (χ4v) is 1.81. The molecule has 1 atom stereocenters. The van der Waals surface area contributed by atoms with Crippen LogP contribution < -0.4 is 5.32 Å². The molecule has 0 aliphatic carbocycles. The molecule has 1 aromatic heterocycles. The summed E-state index contributed by atoms with van der Waals surface area (Å²) in [5.41, 5.74) is 2.69. The maximum Gasteiger partial charge on any atom is 0.227 e. The fraction of sp³-hybridized carbons (Fsp3) is 0.357. The number of aromatic nitrogens is 3. The summed E-state index contributed by atoms with van der Waals surface area (Å²) in [6.07, 6.45) is 0.596. The van der Waals surface area contributed by atoms with Gasteiger partial charge in [-0.2, -0.15) is 0 Å². The summed E-state index contributed by atoms with van der Waals surface area (Å²) in [5.74, 6) is -0.146. The number of nitrogens with zero attached hydrogens (tertiary/aromatic N) is 3. The van der Waals surface area contributed by atoms with E-state index in [1.807, 2.05) is 51.2 Å². The van der Waals surface area contributed by atoms with Gasteiger partial charge in [-0.3, -0.25) is 9.48 Å². The standard InChI is InChI=1S/C14H18N4O/c1-10(9-13-11(2)18(3)17-16-13)14(19)15-12-7-5-4-6-8-12/h4-8,10H,9H2,1-3H3,(H,15,19)/t10-/m0/s1. The van der Waals surface area contributed by atoms with Crippen molar-refractivity contribution in [3.8, 4) is 0 Å². The van der Waals surface area contributed by atoms with Gasteiger partial charge in [-0.1, -0.05) is 30.3 Å². The van der Waals surface area contributed by atoms with Crippen molar-refractivity contribution >= 4 is 11.6 Å². The molecule has 0 saturated carbocycles. The highest BCUT2D eigenvalue weighted by Gasteiger charge is 2.17. The Morgan fingerprint density at radius 1 is 1.37 bits per heavy atom. The van der Waals surface area contributed by atoms with E-state index in [4.69, 9.17) is 0 Å². The van der Waals surface area contributed by atoms with Gasteiger partial charge in [0.15, 0.2) is 0 Å². The SMILES string of the molecule is Cc1c(C[C@H](C)C(=O)Nc2ccccc2)nnn1C. The summed E-state index contributed by atoms with van der Waals surface area (Å²) >= 11 is 0. The number of amides is 1. The number of para-hydroxylation sites is 1. The summed E-state index contributed by atoms with van der Waals surface area (Å²) in [5, 5.41) is 10.9. The number of benzene rings is 1. The van der Waals surface area contributed by atoms with Crippen LogP contribution in [0, 0.1) is 12.8 Å². The minimum atomic E-state index is -0.143. The lowest BCUT2D eigenvalue weighted by Crippen LogP contribution is -2.22. The lowest BCUT2D eigenvalue weighted by atomic mass is 10.0. The van der Waals surface area contributed by atoms with Gasteiger partial charge >= 0.3 is 0 Å². The molecule has 0 aliphatic rings. The molecule has 0 spiro atoms. The highest BCUT2D eigenvalue weighted by Crippen LogP contribution is 2.13. The molecule has 2 rings (SSSR count). The van der Waals surface area contributed by atoms with Crippen LogP contribution in [0.3, 0.4) is 0 Å². The van der Waals surface area contributed by atoms with Gasteiger partial charge in [0.25, 0.3) is 0 Å². The van der Waals surface area contributed by atoms with Gasteiger partial charge in [0.1, 0.15) is 0 Å². The van der Waals surface area contributed by atoms with Gasteiger partial charge in [0.05, 0.1) is 11.4 Å². The van der Waals surface area contributed by atoms with Crippen molar-refractivity contribution in [3.63, 3.8) is 0 Å². The Morgan fingerprint density at radius 2 is 2.05 bits per heavy atom. The summed E-state index contributed by atoms with van der Waals surface area (Å²) in [6.45, 7) is 3.85. The van der Waals surface area contributed by atoms with Gasteiger partial charge in [0.2, 0.25) is 5.91 Å². The first-order valence-corrected chi connectivity index (χ1v) is 6.29. The van der Waals surface area contributed by atoms with Gasteiger partial charge < -0.3 is 5.32 Å². The van der Waals surface area contributed by atoms with Crippen LogP contribution in [0.15, 0.2) is 30.3 Å². The molecule has 0 unspecified atom stereocenters. The van der Waals surface area contributed by atoms with E-state index in [0.717, 1.165) is 17.1 Å². The van der Waals surface area contributed by atoms with E-state index in [1.54, 1.807) is 4.68 Å². The Kier molecular flexibility index (Phi) is 3.94. The highest BCUT2D eigenvalue weighted by atomic mass is 16.1. The average molecular weight is 258 g/mol. The van der Waals surface area contributed by atoms with E-state index >= 15 is 0 Å². The van der Waals surface area contributed by atoms with Crippen LogP contribution in [0.25, 0.3) is 0 Å². The second-order valence-corrected chi connectivity index (χ2v) is 4.71. The molecule has 0 fully saturated rings. The minimum absolute atomic E-state index is 0.00347. The van der Waals surface area contributed by atoms with Crippen LogP contribution >= 0.6 is 0 Å². The molecular formula is C14H18N4O. The summed E-state index contributed by atoms with van der Waals surface area (Å²) in [4.78, 5) is 12.1. The van der Waals surface area contributed by atoms with Crippen molar-refractivity contribution in [1.29, 1.82) is 0 Å². The lowest BCUT2D eigenvalue weighted by Gasteiger charge is -2.11. The van der Waals surface area contributed by atoms with Crippen LogP contribution in [0.5, 0.6) is 0 Å². The Bertz CT molecular complexity index is 562. The fourth-order valence-electron chi connectivity index (χ4n) is 1.81. The van der Waals surface area contributed by atoms with Crippen molar-refractivity contribution in [3.05, 3.63) is 41.7 Å². The Labute approximate surface area is 112 Å². The Balaban J connectivity index is 1.98. The zero-order valence-electron chi connectivity index (χ0n) is 11.4. The van der Waals surface area contributed by atoms with Crippen molar-refractivity contribution in [2.24, 2.45) is 13.0 Å². The molecule has 100 valence electrons. The van der Waals surface area contributed by atoms with Gasteiger partial charge in [-0.05, 0) is 19.1 Å². The van der Waals surface area contributed by atoms with Gasteiger partial charge in [-0.25, -0.2) is 0 Å². The van der Waals surface area contributed by atoms with Crippen molar-refractivity contribution < 1.29 is 4.79 Å². The summed E-state index contributed by atoms with van der Waals surface area (Å²) in [7, 11) is 1.85. The minimum Gasteiger partial charge on any atom is -0.326 e. The highest BCUT2D eigenvalue weighted by molar-refractivity contribution is 5.92. The largest absolute Gasteiger partial charge is 0.326 e. The maximum absolute atomic E-state index is 12.1. The number of carbonyl (C=O) groups is 1. The normalized spacial score (nSPS) is 12.2. The first kappa shape index (κ1) is 13.3. The molecule has 1 N–H and O–H groups in total. The van der Waals surface area contributed by atoms with E-state index in [0.29, 0.717) is 6.42 Å². The van der Waals surface area contributed by atoms with Crippen LogP contribution in [-0.4, -0.2) is 20.9 Å². The zero-order valence-corrected chi connectivity index (χ0v) is 11.4. The number of aryl methyl sites for hydroxylation is 1. The van der Waals surface area contributed by atoms with E-state index in [2.05, 4.69) is 15.6 Å². The number of hydrogen-bond acceptors (Lipinski definition) is 3. The molecule has 1 aromatic carbocycles. The number of carbonyl (C=O) groups excluding carboxylic acids is 1. The monoisotopic (exact) mass is 258 g/mol. The second kappa shape index (κ2) is 5.65. The Morgan fingerprint density at radius 3 is 2.63 bits per heavy atom. The van der Waals surface area contributed by atoms with Gasteiger partial charge in [0, 0.05) is 25.1 Å². The predicted octanol–water partition coefficient (Wildman–Crippen LogP) is 1.94. The zero-order chi connectivity index (χ0) is 13.8. The molecule has 5 nitrogen and oxygen atoms in total. The lowest BCUT2D eigenvalue weighted by molar-refractivity contribution is -0.119. The average Bonchev–Trinajstić information content (AvgIpc) is 2.72. The maximum atomic E-state index is 12.1. The topological polar surface area (TPSA) is 59.8 Å². The third-order valence-electron chi connectivity index (χ3n) is 3.19. The number of anilines is 1. The van der Waals surface area contributed by atoms with E-state index in [9.17, 15) is 4.79 Å². The molecule has 5 heteroatoms. The Hall–Kier alpha value is -2.17. The molecule has 0 bridgehead atoms. The second-order valence-electron chi connectivity index (χ2n) is 4.71. The molecule has 1 amide bonds. The third kappa shape index (κ3) is 3.19. The molecular weight excluding hydrogens is 240 g/mol. The van der Waals surface area contributed by atoms with E-state index < -0.39 is 0 Å². The van der Waals surface area contributed by atoms with Crippen LogP contribution in [0.2, 0.25) is 0 Å². The van der Waals surface area contributed by atoms with Crippen LogP contribution in [0.1, 0.15) is 18.3 Å².